The predicted octanol–water partition coefficient (Wildman–Crippen LogP) is 3.71. The van der Waals surface area contributed by atoms with Crippen molar-refractivity contribution in [2.45, 2.75) is 32.7 Å². The third-order valence-corrected chi connectivity index (χ3v) is 3.93. The van der Waals surface area contributed by atoms with Crippen LogP contribution in [0.25, 0.3) is 0 Å². The molecular formula is C15H22BrFIN3. The molecule has 1 saturated carbocycles. The second kappa shape index (κ2) is 8.92. The van der Waals surface area contributed by atoms with Crippen LogP contribution >= 0.6 is 39.9 Å². The number of halogens is 3. The summed E-state index contributed by atoms with van der Waals surface area (Å²) < 4.78 is 14.5. The molecule has 2 N–H and O–H groups in total. The smallest absolute Gasteiger partial charge is 0.191 e. The van der Waals surface area contributed by atoms with Crippen LogP contribution in [0.2, 0.25) is 0 Å². The number of hydrogen-bond acceptors (Lipinski definition) is 1. The van der Waals surface area contributed by atoms with Gasteiger partial charge in [0.15, 0.2) is 5.96 Å². The number of aliphatic imine (C=N–C) groups is 1. The fourth-order valence-electron chi connectivity index (χ4n) is 2.04. The highest BCUT2D eigenvalue weighted by Crippen LogP contribution is 2.28. The molecule has 2 atom stereocenters. The van der Waals surface area contributed by atoms with E-state index in [9.17, 15) is 4.39 Å². The first-order valence-corrected chi connectivity index (χ1v) is 7.88. The largest absolute Gasteiger partial charge is 0.357 e. The summed E-state index contributed by atoms with van der Waals surface area (Å²) in [7, 11) is 0. The third-order valence-electron chi connectivity index (χ3n) is 3.43. The fourth-order valence-corrected chi connectivity index (χ4v) is 2.45. The van der Waals surface area contributed by atoms with Gasteiger partial charge in [0.05, 0.1) is 0 Å². The topological polar surface area (TPSA) is 36.4 Å². The van der Waals surface area contributed by atoms with Crippen LogP contribution in [0.4, 0.5) is 4.39 Å². The lowest BCUT2D eigenvalue weighted by Crippen LogP contribution is -2.39. The molecule has 0 aromatic heterocycles. The minimum atomic E-state index is -0.169. The molecule has 1 aromatic rings. The second-order valence-electron chi connectivity index (χ2n) is 5.21. The van der Waals surface area contributed by atoms with E-state index in [-0.39, 0.29) is 29.8 Å². The molecule has 0 heterocycles. The van der Waals surface area contributed by atoms with Crippen molar-refractivity contribution in [2.75, 3.05) is 13.1 Å². The van der Waals surface area contributed by atoms with Gasteiger partial charge in [-0.05, 0) is 49.4 Å². The Kier molecular flexibility index (Phi) is 7.94. The Balaban J connectivity index is 0.00000220. The monoisotopic (exact) mass is 469 g/mol. The van der Waals surface area contributed by atoms with Gasteiger partial charge in [-0.15, -0.1) is 24.0 Å². The van der Waals surface area contributed by atoms with Crippen LogP contribution in [0.15, 0.2) is 27.7 Å². The first-order chi connectivity index (χ1) is 9.60. The Hall–Kier alpha value is -0.370. The van der Waals surface area contributed by atoms with E-state index in [0.29, 0.717) is 24.6 Å². The van der Waals surface area contributed by atoms with Gasteiger partial charge in [-0.1, -0.05) is 22.9 Å². The average Bonchev–Trinajstić information content (AvgIpc) is 3.09. The van der Waals surface area contributed by atoms with E-state index < -0.39 is 0 Å². The van der Waals surface area contributed by atoms with Crippen LogP contribution in [0.3, 0.4) is 0 Å². The standard InChI is InChI=1S/C15H21BrFN3.HI/c1-3-18-15(20-14-8-10(14)2)19-7-6-11-9-12(16)4-5-13(11)17;/h4-5,9-10,14H,3,6-8H2,1-2H3,(H2,18,19,20);1H. The molecule has 1 aliphatic carbocycles. The molecule has 1 fully saturated rings. The van der Waals surface area contributed by atoms with Gasteiger partial charge < -0.3 is 10.6 Å². The third kappa shape index (κ3) is 6.10. The summed E-state index contributed by atoms with van der Waals surface area (Å²) in [5, 5.41) is 6.61. The van der Waals surface area contributed by atoms with Crippen molar-refractivity contribution in [3.63, 3.8) is 0 Å². The summed E-state index contributed by atoms with van der Waals surface area (Å²) in [5.41, 5.74) is 0.693. The van der Waals surface area contributed by atoms with Crippen LogP contribution in [0.1, 0.15) is 25.8 Å². The molecule has 1 aromatic carbocycles. The van der Waals surface area contributed by atoms with Gasteiger partial charge in [0.1, 0.15) is 5.82 Å². The Morgan fingerprint density at radius 1 is 1.48 bits per heavy atom. The van der Waals surface area contributed by atoms with Gasteiger partial charge in [0, 0.05) is 23.6 Å². The zero-order valence-electron chi connectivity index (χ0n) is 12.3. The predicted molar refractivity (Wildman–Crippen MR) is 99.9 cm³/mol. The molecule has 0 saturated heterocycles. The number of nitrogens with zero attached hydrogens (tertiary/aromatic N) is 1. The molecule has 0 amide bonds. The first-order valence-electron chi connectivity index (χ1n) is 7.09. The van der Waals surface area contributed by atoms with Crippen molar-refractivity contribution >= 4 is 45.9 Å². The van der Waals surface area contributed by atoms with E-state index in [1.807, 2.05) is 13.0 Å². The summed E-state index contributed by atoms with van der Waals surface area (Å²) in [6.07, 6.45) is 1.80. The van der Waals surface area contributed by atoms with E-state index in [1.54, 1.807) is 6.07 Å². The van der Waals surface area contributed by atoms with E-state index in [4.69, 9.17) is 0 Å². The molecule has 6 heteroatoms. The van der Waals surface area contributed by atoms with Gasteiger partial charge in [-0.2, -0.15) is 0 Å². The molecule has 0 spiro atoms. The summed E-state index contributed by atoms with van der Waals surface area (Å²) >= 11 is 3.36. The zero-order valence-corrected chi connectivity index (χ0v) is 16.2. The van der Waals surface area contributed by atoms with E-state index in [0.717, 1.165) is 22.9 Å². The maximum atomic E-state index is 13.6. The van der Waals surface area contributed by atoms with Crippen molar-refractivity contribution in [3.8, 4) is 0 Å². The van der Waals surface area contributed by atoms with Crippen LogP contribution in [0, 0.1) is 11.7 Å². The van der Waals surface area contributed by atoms with Gasteiger partial charge in [0.2, 0.25) is 0 Å². The summed E-state index contributed by atoms with van der Waals surface area (Å²) in [6.45, 7) is 5.67. The van der Waals surface area contributed by atoms with Gasteiger partial charge in [0.25, 0.3) is 0 Å². The number of rotatable bonds is 5. The molecule has 0 radical (unpaired) electrons. The number of hydrogen-bond donors (Lipinski definition) is 2. The maximum absolute atomic E-state index is 13.6. The van der Waals surface area contributed by atoms with E-state index >= 15 is 0 Å². The Labute approximate surface area is 151 Å². The van der Waals surface area contributed by atoms with Crippen LogP contribution in [-0.4, -0.2) is 25.1 Å². The highest BCUT2D eigenvalue weighted by atomic mass is 127. The Morgan fingerprint density at radius 2 is 2.19 bits per heavy atom. The molecular weight excluding hydrogens is 448 g/mol. The van der Waals surface area contributed by atoms with E-state index in [1.165, 1.54) is 12.5 Å². The lowest BCUT2D eigenvalue weighted by Gasteiger charge is -2.10. The van der Waals surface area contributed by atoms with Crippen molar-refractivity contribution in [2.24, 2.45) is 10.9 Å². The van der Waals surface area contributed by atoms with Gasteiger partial charge in [-0.3, -0.25) is 4.99 Å². The average molecular weight is 470 g/mol. The molecule has 0 bridgehead atoms. The molecule has 3 nitrogen and oxygen atoms in total. The number of guanidine groups is 1. The lowest BCUT2D eigenvalue weighted by atomic mass is 10.1. The molecule has 2 rings (SSSR count). The first kappa shape index (κ1) is 18.7. The normalized spacial score (nSPS) is 20.7. The van der Waals surface area contributed by atoms with Gasteiger partial charge in [-0.25, -0.2) is 4.39 Å². The SMILES string of the molecule is CCNC(=NCCc1cc(Br)ccc1F)NC1CC1C.I. The number of benzene rings is 1. The van der Waals surface area contributed by atoms with Crippen molar-refractivity contribution in [1.29, 1.82) is 0 Å². The lowest BCUT2D eigenvalue weighted by molar-refractivity contribution is 0.609. The zero-order chi connectivity index (χ0) is 14.5. The van der Waals surface area contributed by atoms with Crippen LogP contribution in [0.5, 0.6) is 0 Å². The molecule has 0 aliphatic heterocycles. The number of nitrogens with one attached hydrogen (secondary N) is 2. The van der Waals surface area contributed by atoms with Crippen LogP contribution < -0.4 is 10.6 Å². The minimum absolute atomic E-state index is 0. The summed E-state index contributed by atoms with van der Waals surface area (Å²) in [5.74, 6) is 1.39. The highest BCUT2D eigenvalue weighted by molar-refractivity contribution is 14.0. The Morgan fingerprint density at radius 3 is 2.81 bits per heavy atom. The highest BCUT2D eigenvalue weighted by Gasteiger charge is 2.33. The second-order valence-corrected chi connectivity index (χ2v) is 6.13. The van der Waals surface area contributed by atoms with Crippen molar-refractivity contribution < 1.29 is 4.39 Å². The van der Waals surface area contributed by atoms with Crippen LogP contribution in [-0.2, 0) is 6.42 Å². The molecule has 21 heavy (non-hydrogen) atoms. The molecule has 1 aliphatic rings. The van der Waals surface area contributed by atoms with Crippen molar-refractivity contribution in [3.05, 3.63) is 34.1 Å². The molecule has 2 unspecified atom stereocenters. The van der Waals surface area contributed by atoms with Gasteiger partial charge >= 0.3 is 0 Å². The van der Waals surface area contributed by atoms with E-state index in [2.05, 4.69) is 38.5 Å². The Bertz CT molecular complexity index is 496. The fraction of sp³-hybridized carbons (Fsp3) is 0.533. The summed E-state index contributed by atoms with van der Waals surface area (Å²) in [6, 6.07) is 5.55. The maximum Gasteiger partial charge on any atom is 0.191 e. The molecule has 118 valence electrons. The van der Waals surface area contributed by atoms with Crippen molar-refractivity contribution in [1.82, 2.24) is 10.6 Å². The summed E-state index contributed by atoms with van der Waals surface area (Å²) in [4.78, 5) is 4.51. The minimum Gasteiger partial charge on any atom is -0.357 e. The quantitative estimate of drug-likeness (QED) is 0.391.